The maximum atomic E-state index is 11.6. The number of pyridine rings is 1. The van der Waals surface area contributed by atoms with Crippen molar-refractivity contribution >= 4 is 51.6 Å². The molecular formula is C23H26N4O5S2. The Hall–Kier alpha value is -3.05. The van der Waals surface area contributed by atoms with Crippen LogP contribution in [0.25, 0.3) is 0 Å². The van der Waals surface area contributed by atoms with Crippen LogP contribution in [0.4, 0.5) is 15.4 Å². The van der Waals surface area contributed by atoms with Gasteiger partial charge in [0, 0.05) is 19.8 Å². The van der Waals surface area contributed by atoms with Crippen LogP contribution in [0.3, 0.4) is 0 Å². The van der Waals surface area contributed by atoms with Gasteiger partial charge in [-0.1, -0.05) is 41.7 Å². The van der Waals surface area contributed by atoms with E-state index >= 15 is 0 Å². The molecule has 3 heterocycles. The van der Waals surface area contributed by atoms with Crippen LogP contribution in [0, 0.1) is 0 Å². The van der Waals surface area contributed by atoms with Gasteiger partial charge in [0.05, 0.1) is 17.6 Å². The zero-order valence-electron chi connectivity index (χ0n) is 18.7. The fourth-order valence-electron chi connectivity index (χ4n) is 3.12. The molecule has 2 fully saturated rings. The maximum Gasteiger partial charge on any atom is 0.286 e. The molecule has 2 saturated heterocycles. The fourth-order valence-corrected chi connectivity index (χ4v) is 4.50. The van der Waals surface area contributed by atoms with Crippen molar-refractivity contribution in [2.75, 3.05) is 30.9 Å². The van der Waals surface area contributed by atoms with Crippen LogP contribution in [0.15, 0.2) is 48.7 Å². The quantitative estimate of drug-likeness (QED) is 0.498. The molecule has 180 valence electrons. The molecule has 1 aromatic carbocycles. The van der Waals surface area contributed by atoms with Crippen molar-refractivity contribution in [2.45, 2.75) is 24.5 Å². The van der Waals surface area contributed by atoms with Crippen LogP contribution in [0.2, 0.25) is 0 Å². The van der Waals surface area contributed by atoms with Gasteiger partial charge in [-0.2, -0.15) is 0 Å². The summed E-state index contributed by atoms with van der Waals surface area (Å²) in [6.45, 7) is 1.59. The molecule has 34 heavy (non-hydrogen) atoms. The summed E-state index contributed by atoms with van der Waals surface area (Å²) < 4.78 is 5.78. The SMILES string of the molecule is CN(CCCCOc1ccc(CC2SC(=O)NC2=O)cc1)c1ccccn1.O=C1CSC(=O)N1. The normalized spacial score (nSPS) is 17.0. The number of ether oxygens (including phenoxy) is 1. The number of rotatable bonds is 9. The molecule has 0 radical (unpaired) electrons. The molecule has 1 aromatic heterocycles. The van der Waals surface area contributed by atoms with Crippen LogP contribution in [0.1, 0.15) is 18.4 Å². The van der Waals surface area contributed by atoms with E-state index in [2.05, 4.69) is 20.5 Å². The number of amides is 4. The lowest BCUT2D eigenvalue weighted by atomic mass is 10.1. The highest BCUT2D eigenvalue weighted by atomic mass is 32.2. The Kier molecular flexibility index (Phi) is 9.77. The number of aromatic nitrogens is 1. The van der Waals surface area contributed by atoms with E-state index in [-0.39, 0.29) is 27.5 Å². The monoisotopic (exact) mass is 502 g/mol. The van der Waals surface area contributed by atoms with Crippen LogP contribution in [-0.4, -0.2) is 58.5 Å². The second-order valence-electron chi connectivity index (χ2n) is 7.52. The number of benzene rings is 1. The summed E-state index contributed by atoms with van der Waals surface area (Å²) >= 11 is 2.06. The molecule has 0 aliphatic carbocycles. The summed E-state index contributed by atoms with van der Waals surface area (Å²) in [5, 5.41) is 3.58. The molecule has 0 saturated carbocycles. The van der Waals surface area contributed by atoms with E-state index in [1.54, 1.807) is 6.20 Å². The lowest BCUT2D eigenvalue weighted by Crippen LogP contribution is -2.25. The fraction of sp³-hybridized carbons (Fsp3) is 0.348. The number of imide groups is 2. The number of hydrogen-bond donors (Lipinski definition) is 2. The Morgan fingerprint density at radius 1 is 1.03 bits per heavy atom. The molecule has 9 nitrogen and oxygen atoms in total. The lowest BCUT2D eigenvalue weighted by Gasteiger charge is -2.17. The van der Waals surface area contributed by atoms with E-state index < -0.39 is 0 Å². The molecule has 4 rings (SSSR count). The Morgan fingerprint density at radius 2 is 1.82 bits per heavy atom. The first kappa shape index (κ1) is 25.6. The summed E-state index contributed by atoms with van der Waals surface area (Å²) in [5.74, 6) is 1.69. The highest BCUT2D eigenvalue weighted by Crippen LogP contribution is 2.24. The number of carbonyl (C=O) groups is 4. The van der Waals surface area contributed by atoms with Crippen LogP contribution >= 0.6 is 23.5 Å². The van der Waals surface area contributed by atoms with E-state index in [1.165, 1.54) is 0 Å². The molecule has 2 aliphatic heterocycles. The molecule has 2 aromatic rings. The topological polar surface area (TPSA) is 118 Å². The third-order valence-corrected chi connectivity index (χ3v) is 6.64. The van der Waals surface area contributed by atoms with Gasteiger partial charge in [-0.3, -0.25) is 29.8 Å². The van der Waals surface area contributed by atoms with Gasteiger partial charge < -0.3 is 9.64 Å². The van der Waals surface area contributed by atoms with Crippen molar-refractivity contribution in [1.29, 1.82) is 0 Å². The van der Waals surface area contributed by atoms with Crippen molar-refractivity contribution in [3.8, 4) is 5.75 Å². The minimum atomic E-state index is -0.333. The summed E-state index contributed by atoms with van der Waals surface area (Å²) in [7, 11) is 2.04. The number of unbranched alkanes of at least 4 members (excludes halogenated alkanes) is 1. The molecule has 2 aliphatic rings. The number of nitrogens with one attached hydrogen (secondary N) is 2. The maximum absolute atomic E-state index is 11.6. The van der Waals surface area contributed by atoms with Gasteiger partial charge in [0.2, 0.25) is 11.8 Å². The Bertz CT molecular complexity index is 990. The zero-order chi connectivity index (χ0) is 24.3. The predicted molar refractivity (Wildman–Crippen MR) is 133 cm³/mol. The largest absolute Gasteiger partial charge is 0.494 e. The molecule has 0 spiro atoms. The average Bonchev–Trinajstić information content (AvgIpc) is 3.37. The number of thioether (sulfide) groups is 2. The van der Waals surface area contributed by atoms with Crippen LogP contribution in [0.5, 0.6) is 5.75 Å². The van der Waals surface area contributed by atoms with Crippen molar-refractivity contribution < 1.29 is 23.9 Å². The molecule has 4 amide bonds. The van der Waals surface area contributed by atoms with Gasteiger partial charge in [0.15, 0.2) is 0 Å². The van der Waals surface area contributed by atoms with Crippen molar-refractivity contribution in [2.24, 2.45) is 0 Å². The summed E-state index contributed by atoms with van der Waals surface area (Å²) in [5.41, 5.74) is 1.02. The molecule has 1 atom stereocenters. The van der Waals surface area contributed by atoms with Gasteiger partial charge in [0.1, 0.15) is 11.6 Å². The van der Waals surface area contributed by atoms with E-state index in [1.807, 2.05) is 49.5 Å². The van der Waals surface area contributed by atoms with E-state index in [0.29, 0.717) is 18.8 Å². The Morgan fingerprint density at radius 3 is 2.38 bits per heavy atom. The average molecular weight is 503 g/mol. The van der Waals surface area contributed by atoms with E-state index in [0.717, 1.165) is 60.0 Å². The number of carbonyl (C=O) groups excluding carboxylic acids is 4. The minimum Gasteiger partial charge on any atom is -0.494 e. The molecule has 0 bridgehead atoms. The first-order chi connectivity index (χ1) is 16.4. The Balaban J connectivity index is 0.000000396. The lowest BCUT2D eigenvalue weighted by molar-refractivity contribution is -0.119. The van der Waals surface area contributed by atoms with Gasteiger partial charge >= 0.3 is 0 Å². The van der Waals surface area contributed by atoms with Crippen LogP contribution in [-0.2, 0) is 16.0 Å². The van der Waals surface area contributed by atoms with E-state index in [4.69, 9.17) is 4.74 Å². The smallest absolute Gasteiger partial charge is 0.286 e. The Labute approximate surface area is 206 Å². The summed E-state index contributed by atoms with van der Waals surface area (Å²) in [6.07, 6.45) is 4.32. The second kappa shape index (κ2) is 13.0. The zero-order valence-corrected chi connectivity index (χ0v) is 20.3. The molecule has 2 N–H and O–H groups in total. The number of nitrogens with zero attached hydrogens (tertiary/aromatic N) is 2. The summed E-state index contributed by atoms with van der Waals surface area (Å²) in [6, 6.07) is 13.6. The summed E-state index contributed by atoms with van der Waals surface area (Å²) in [4.78, 5) is 49.5. The van der Waals surface area contributed by atoms with Crippen molar-refractivity contribution in [3.63, 3.8) is 0 Å². The standard InChI is InChI=1S/C20H23N3O3S.C3H3NO2S/c1-23(18-6-2-3-11-21-18)12-4-5-13-26-16-9-7-15(8-10-16)14-17-19(24)22-20(25)27-17;5-2-1-7-3(6)4-2/h2-3,6-11,17H,4-5,12-14H2,1H3,(H,22,24,25);1H2,(H,4,5,6). The first-order valence-electron chi connectivity index (χ1n) is 10.7. The highest BCUT2D eigenvalue weighted by Gasteiger charge is 2.31. The third-order valence-electron chi connectivity index (χ3n) is 4.88. The van der Waals surface area contributed by atoms with Crippen molar-refractivity contribution in [1.82, 2.24) is 15.6 Å². The van der Waals surface area contributed by atoms with Gasteiger partial charge in [-0.05, 0) is 49.1 Å². The van der Waals surface area contributed by atoms with Gasteiger partial charge in [-0.25, -0.2) is 4.98 Å². The van der Waals surface area contributed by atoms with Crippen molar-refractivity contribution in [3.05, 3.63) is 54.2 Å². The first-order valence-corrected chi connectivity index (χ1v) is 12.6. The molecule has 1 unspecified atom stereocenters. The second-order valence-corrected chi connectivity index (χ2v) is 9.64. The third kappa shape index (κ3) is 8.38. The van der Waals surface area contributed by atoms with E-state index in [9.17, 15) is 19.2 Å². The van der Waals surface area contributed by atoms with Crippen LogP contribution < -0.4 is 20.3 Å². The molecular weight excluding hydrogens is 476 g/mol. The van der Waals surface area contributed by atoms with Gasteiger partial charge in [0.25, 0.3) is 10.5 Å². The minimum absolute atomic E-state index is 0.185. The number of hydrogen-bond acceptors (Lipinski definition) is 9. The predicted octanol–water partition coefficient (Wildman–Crippen LogP) is 3.24. The molecule has 11 heteroatoms. The number of anilines is 1. The highest BCUT2D eigenvalue weighted by molar-refractivity contribution is 8.15. The van der Waals surface area contributed by atoms with Gasteiger partial charge in [-0.15, -0.1) is 0 Å².